The number of furan rings is 1. The van der Waals surface area contributed by atoms with Crippen molar-refractivity contribution in [3.05, 3.63) is 30.0 Å². The average molecular weight is 274 g/mol. The summed E-state index contributed by atoms with van der Waals surface area (Å²) in [6.07, 6.45) is 6.61. The van der Waals surface area contributed by atoms with Crippen molar-refractivity contribution in [3.8, 4) is 0 Å². The van der Waals surface area contributed by atoms with Gasteiger partial charge in [0.2, 0.25) is 5.91 Å². The Morgan fingerprint density at radius 3 is 2.95 bits per heavy atom. The number of nitrogens with one attached hydrogen (secondary N) is 1. The van der Waals surface area contributed by atoms with Gasteiger partial charge in [0, 0.05) is 23.2 Å². The van der Waals surface area contributed by atoms with E-state index >= 15 is 0 Å². The van der Waals surface area contributed by atoms with Crippen LogP contribution in [0, 0.1) is 0 Å². The molecule has 2 aromatic rings. The number of carbonyl (C=O) groups excluding carboxylic acids is 1. The zero-order valence-corrected chi connectivity index (χ0v) is 11.9. The van der Waals surface area contributed by atoms with Crippen molar-refractivity contribution in [2.75, 3.05) is 12.3 Å². The number of fused-ring (bicyclic) bond motifs is 1. The number of amides is 1. The Hall–Kier alpha value is -1.97. The maximum absolute atomic E-state index is 11.9. The molecule has 0 bridgehead atoms. The summed E-state index contributed by atoms with van der Waals surface area (Å²) in [7, 11) is 0. The number of nitrogen functional groups attached to an aromatic ring is 1. The first-order valence-electron chi connectivity index (χ1n) is 7.23. The summed E-state index contributed by atoms with van der Waals surface area (Å²) < 4.78 is 5.43. The van der Waals surface area contributed by atoms with Crippen LogP contribution < -0.4 is 11.1 Å². The standard InChI is InChI=1S/C16H22N2O2/c1-2-3-4-5-8-18-16(19)9-12-11-20-15-7-6-13(17)10-14(12)15/h6-7,10-11H,2-5,8-9,17H2,1H3,(H,18,19). The molecule has 108 valence electrons. The van der Waals surface area contributed by atoms with Gasteiger partial charge >= 0.3 is 0 Å². The molecule has 2 rings (SSSR count). The predicted octanol–water partition coefficient (Wildman–Crippen LogP) is 3.25. The van der Waals surface area contributed by atoms with Crippen LogP contribution in [0.1, 0.15) is 38.2 Å². The summed E-state index contributed by atoms with van der Waals surface area (Å²) in [5, 5.41) is 3.87. The number of nitrogens with two attached hydrogens (primary N) is 1. The van der Waals surface area contributed by atoms with Gasteiger partial charge in [-0.05, 0) is 24.6 Å². The number of hydrogen-bond donors (Lipinski definition) is 2. The minimum atomic E-state index is 0.0339. The predicted molar refractivity (Wildman–Crippen MR) is 81.5 cm³/mol. The second kappa shape index (κ2) is 6.98. The molecule has 0 spiro atoms. The average Bonchev–Trinajstić information content (AvgIpc) is 2.81. The molecule has 3 N–H and O–H groups in total. The van der Waals surface area contributed by atoms with Crippen LogP contribution >= 0.6 is 0 Å². The molecule has 0 fully saturated rings. The summed E-state index contributed by atoms with van der Waals surface area (Å²) in [4.78, 5) is 11.9. The summed E-state index contributed by atoms with van der Waals surface area (Å²) in [5.41, 5.74) is 8.10. The van der Waals surface area contributed by atoms with Gasteiger partial charge < -0.3 is 15.5 Å². The highest BCUT2D eigenvalue weighted by atomic mass is 16.3. The molecule has 4 heteroatoms. The molecule has 1 aromatic carbocycles. The Morgan fingerprint density at radius 1 is 1.30 bits per heavy atom. The first kappa shape index (κ1) is 14.4. The summed E-state index contributed by atoms with van der Waals surface area (Å²) in [6.45, 7) is 2.92. The van der Waals surface area contributed by atoms with E-state index in [-0.39, 0.29) is 5.91 Å². The van der Waals surface area contributed by atoms with Gasteiger partial charge in [0.1, 0.15) is 5.58 Å². The van der Waals surface area contributed by atoms with Crippen LogP contribution in [0.2, 0.25) is 0 Å². The Bertz CT molecular complexity index is 575. The lowest BCUT2D eigenvalue weighted by Crippen LogP contribution is -2.25. The molecule has 0 unspecified atom stereocenters. The van der Waals surface area contributed by atoms with Crippen LogP contribution in [0.5, 0.6) is 0 Å². The van der Waals surface area contributed by atoms with Crippen molar-refractivity contribution >= 4 is 22.6 Å². The third-order valence-electron chi connectivity index (χ3n) is 3.38. The third kappa shape index (κ3) is 3.76. The quantitative estimate of drug-likeness (QED) is 0.601. The second-order valence-electron chi connectivity index (χ2n) is 5.10. The van der Waals surface area contributed by atoms with E-state index in [0.29, 0.717) is 12.1 Å². The van der Waals surface area contributed by atoms with Crippen LogP contribution in [-0.2, 0) is 11.2 Å². The fraction of sp³-hybridized carbons (Fsp3) is 0.438. The summed E-state index contributed by atoms with van der Waals surface area (Å²) in [6, 6.07) is 5.48. The fourth-order valence-electron chi connectivity index (χ4n) is 2.25. The van der Waals surface area contributed by atoms with Crippen LogP contribution in [0.3, 0.4) is 0 Å². The molecule has 0 saturated carbocycles. The maximum atomic E-state index is 11.9. The highest BCUT2D eigenvalue weighted by Crippen LogP contribution is 2.23. The highest BCUT2D eigenvalue weighted by Gasteiger charge is 2.10. The normalized spacial score (nSPS) is 10.8. The molecule has 0 atom stereocenters. The van der Waals surface area contributed by atoms with E-state index in [1.165, 1.54) is 19.3 Å². The third-order valence-corrected chi connectivity index (χ3v) is 3.38. The Balaban J connectivity index is 1.88. The van der Waals surface area contributed by atoms with Crippen molar-refractivity contribution in [1.82, 2.24) is 5.32 Å². The minimum Gasteiger partial charge on any atom is -0.464 e. The van der Waals surface area contributed by atoms with Gasteiger partial charge in [0.25, 0.3) is 0 Å². The molecule has 0 aliphatic carbocycles. The maximum Gasteiger partial charge on any atom is 0.224 e. The molecule has 20 heavy (non-hydrogen) atoms. The first-order chi connectivity index (χ1) is 9.70. The number of unbranched alkanes of at least 4 members (excludes halogenated alkanes) is 3. The van der Waals surface area contributed by atoms with E-state index in [9.17, 15) is 4.79 Å². The van der Waals surface area contributed by atoms with E-state index in [4.69, 9.17) is 10.2 Å². The van der Waals surface area contributed by atoms with Crippen molar-refractivity contribution < 1.29 is 9.21 Å². The highest BCUT2D eigenvalue weighted by molar-refractivity contribution is 5.89. The molecular weight excluding hydrogens is 252 g/mol. The Kier molecular flexibility index (Phi) is 5.04. The van der Waals surface area contributed by atoms with E-state index in [2.05, 4.69) is 12.2 Å². The van der Waals surface area contributed by atoms with Crippen LogP contribution in [-0.4, -0.2) is 12.5 Å². The number of rotatable bonds is 7. The Labute approximate surface area is 119 Å². The molecule has 1 aromatic heterocycles. The monoisotopic (exact) mass is 274 g/mol. The molecule has 0 aliphatic rings. The minimum absolute atomic E-state index is 0.0339. The molecule has 0 radical (unpaired) electrons. The topological polar surface area (TPSA) is 68.3 Å². The van der Waals surface area contributed by atoms with E-state index < -0.39 is 0 Å². The number of carbonyl (C=O) groups is 1. The second-order valence-corrected chi connectivity index (χ2v) is 5.10. The van der Waals surface area contributed by atoms with Gasteiger partial charge in [-0.15, -0.1) is 0 Å². The van der Waals surface area contributed by atoms with Crippen molar-refractivity contribution in [3.63, 3.8) is 0 Å². The number of hydrogen-bond acceptors (Lipinski definition) is 3. The van der Waals surface area contributed by atoms with Gasteiger partial charge in [-0.3, -0.25) is 4.79 Å². The smallest absolute Gasteiger partial charge is 0.224 e. The lowest BCUT2D eigenvalue weighted by atomic mass is 10.1. The number of anilines is 1. The van der Waals surface area contributed by atoms with Crippen molar-refractivity contribution in [1.29, 1.82) is 0 Å². The molecular formula is C16H22N2O2. The number of benzene rings is 1. The summed E-state index contributed by atoms with van der Waals surface area (Å²) in [5.74, 6) is 0.0339. The molecule has 1 amide bonds. The first-order valence-corrected chi connectivity index (χ1v) is 7.23. The van der Waals surface area contributed by atoms with Crippen LogP contribution in [0.15, 0.2) is 28.9 Å². The van der Waals surface area contributed by atoms with E-state index in [1.54, 1.807) is 12.3 Å². The van der Waals surface area contributed by atoms with Gasteiger partial charge in [-0.1, -0.05) is 26.2 Å². The van der Waals surface area contributed by atoms with E-state index in [0.717, 1.165) is 29.5 Å². The SMILES string of the molecule is CCCCCCNC(=O)Cc1coc2ccc(N)cc12. The van der Waals surface area contributed by atoms with Crippen molar-refractivity contribution in [2.24, 2.45) is 0 Å². The molecule has 0 saturated heterocycles. The van der Waals surface area contributed by atoms with Gasteiger partial charge in [0.15, 0.2) is 0 Å². The largest absolute Gasteiger partial charge is 0.464 e. The summed E-state index contributed by atoms with van der Waals surface area (Å²) >= 11 is 0. The molecule has 0 aliphatic heterocycles. The Morgan fingerprint density at radius 2 is 2.15 bits per heavy atom. The molecule has 4 nitrogen and oxygen atoms in total. The van der Waals surface area contributed by atoms with Crippen LogP contribution in [0.25, 0.3) is 11.0 Å². The lowest BCUT2D eigenvalue weighted by Gasteiger charge is -2.04. The fourth-order valence-corrected chi connectivity index (χ4v) is 2.25. The molecule has 1 heterocycles. The van der Waals surface area contributed by atoms with E-state index in [1.807, 2.05) is 12.1 Å². The lowest BCUT2D eigenvalue weighted by molar-refractivity contribution is -0.120. The van der Waals surface area contributed by atoms with Crippen LogP contribution in [0.4, 0.5) is 5.69 Å². The zero-order chi connectivity index (χ0) is 14.4. The van der Waals surface area contributed by atoms with Crippen molar-refractivity contribution in [2.45, 2.75) is 39.0 Å². The zero-order valence-electron chi connectivity index (χ0n) is 11.9. The van der Waals surface area contributed by atoms with Gasteiger partial charge in [-0.2, -0.15) is 0 Å². The van der Waals surface area contributed by atoms with Gasteiger partial charge in [0.05, 0.1) is 12.7 Å². The van der Waals surface area contributed by atoms with Gasteiger partial charge in [-0.25, -0.2) is 0 Å².